The number of nitrogens with zero attached hydrogens (tertiary/aromatic N) is 3. The molecule has 1 saturated heterocycles. The molecule has 34 heavy (non-hydrogen) atoms. The molecule has 0 aliphatic carbocycles. The first-order valence-corrected chi connectivity index (χ1v) is 12.0. The molecule has 2 aromatic rings. The summed E-state index contributed by atoms with van der Waals surface area (Å²) in [5.41, 5.74) is 1.91. The lowest BCUT2D eigenvalue weighted by atomic mass is 9.99. The van der Waals surface area contributed by atoms with Gasteiger partial charge in [0.2, 0.25) is 0 Å². The van der Waals surface area contributed by atoms with Gasteiger partial charge in [-0.3, -0.25) is 14.5 Å². The third-order valence-electron chi connectivity index (χ3n) is 6.65. The van der Waals surface area contributed by atoms with E-state index in [4.69, 9.17) is 21.1 Å². The lowest BCUT2D eigenvalue weighted by Gasteiger charge is -2.34. The van der Waals surface area contributed by atoms with Crippen LogP contribution in [0.1, 0.15) is 40.9 Å². The number of hydrogen-bond donors (Lipinski definition) is 0. The Morgan fingerprint density at radius 3 is 2.65 bits per heavy atom. The van der Waals surface area contributed by atoms with Crippen molar-refractivity contribution in [2.24, 2.45) is 0 Å². The number of pyridine rings is 1. The van der Waals surface area contributed by atoms with Crippen LogP contribution in [0.5, 0.6) is 5.75 Å². The van der Waals surface area contributed by atoms with E-state index in [9.17, 15) is 14.4 Å². The third-order valence-corrected chi connectivity index (χ3v) is 6.89. The fourth-order valence-corrected chi connectivity index (χ4v) is 5.15. The van der Waals surface area contributed by atoms with E-state index in [1.54, 1.807) is 9.47 Å². The summed E-state index contributed by atoms with van der Waals surface area (Å²) in [6.45, 7) is 2.94. The van der Waals surface area contributed by atoms with Crippen LogP contribution in [-0.4, -0.2) is 66.1 Å². The molecule has 0 bridgehead atoms. The van der Waals surface area contributed by atoms with Gasteiger partial charge < -0.3 is 18.9 Å². The van der Waals surface area contributed by atoms with Crippen LogP contribution in [0.15, 0.2) is 35.1 Å². The summed E-state index contributed by atoms with van der Waals surface area (Å²) in [7, 11) is 2.79. The molecule has 3 heterocycles. The Kier molecular flexibility index (Phi) is 7.58. The number of fused-ring (bicyclic) bond motifs is 1. The number of carbonyl (C=O) groups excluding carboxylic acids is 2. The average Bonchev–Trinajstić information content (AvgIpc) is 3.06. The van der Waals surface area contributed by atoms with Crippen molar-refractivity contribution in [3.63, 3.8) is 0 Å². The van der Waals surface area contributed by atoms with E-state index < -0.39 is 12.0 Å². The molecule has 1 fully saturated rings. The van der Waals surface area contributed by atoms with Crippen molar-refractivity contribution in [2.75, 3.05) is 33.9 Å². The molecule has 0 N–H and O–H groups in total. The van der Waals surface area contributed by atoms with Gasteiger partial charge in [-0.1, -0.05) is 23.7 Å². The monoisotopic (exact) mass is 487 g/mol. The second-order valence-electron chi connectivity index (χ2n) is 8.71. The Morgan fingerprint density at radius 2 is 1.91 bits per heavy atom. The molecule has 0 radical (unpaired) electrons. The van der Waals surface area contributed by atoms with E-state index in [1.165, 1.54) is 20.3 Å². The van der Waals surface area contributed by atoms with E-state index in [-0.39, 0.29) is 17.2 Å². The maximum Gasteiger partial charge on any atom is 0.328 e. The SMILES string of the molecule is COC(=O)[C@@H]1CCCCN1C(=O)c1c(OC)cc(=O)n2c1CCN(Cc1cccc(Cl)c1)CC2. The van der Waals surface area contributed by atoms with Crippen LogP contribution in [0.3, 0.4) is 0 Å². The van der Waals surface area contributed by atoms with Crippen molar-refractivity contribution >= 4 is 23.5 Å². The van der Waals surface area contributed by atoms with E-state index in [1.807, 2.05) is 24.3 Å². The van der Waals surface area contributed by atoms with E-state index >= 15 is 0 Å². The Hall–Kier alpha value is -2.84. The van der Waals surface area contributed by atoms with Crippen LogP contribution in [0.2, 0.25) is 5.02 Å². The maximum absolute atomic E-state index is 13.8. The molecule has 1 atom stereocenters. The van der Waals surface area contributed by atoms with Crippen molar-refractivity contribution in [1.82, 2.24) is 14.4 Å². The third kappa shape index (κ3) is 4.98. The molecule has 4 rings (SSSR count). The highest BCUT2D eigenvalue weighted by atomic mass is 35.5. The molecular weight excluding hydrogens is 458 g/mol. The molecule has 0 saturated carbocycles. The summed E-state index contributed by atoms with van der Waals surface area (Å²) in [6, 6.07) is 8.47. The standard InChI is InChI=1S/C25H30ClN3O5/c1-33-21-15-22(30)28-13-12-27(16-17-6-5-7-18(26)14-17)11-9-19(28)23(21)24(31)29-10-4-3-8-20(29)25(32)34-2/h5-7,14-15,20H,3-4,8-13,16H2,1-2H3/t20-/m0/s1. The van der Waals surface area contributed by atoms with Gasteiger partial charge >= 0.3 is 5.97 Å². The minimum absolute atomic E-state index is 0.198. The average molecular weight is 488 g/mol. The van der Waals surface area contributed by atoms with Crippen molar-refractivity contribution in [1.29, 1.82) is 0 Å². The van der Waals surface area contributed by atoms with Gasteiger partial charge in [-0.15, -0.1) is 0 Å². The quantitative estimate of drug-likeness (QED) is 0.603. The molecule has 1 aromatic heterocycles. The molecule has 8 nitrogen and oxygen atoms in total. The molecule has 1 aromatic carbocycles. The molecular formula is C25H30ClN3O5. The predicted octanol–water partition coefficient (Wildman–Crippen LogP) is 2.74. The first-order valence-electron chi connectivity index (χ1n) is 11.6. The topological polar surface area (TPSA) is 81.1 Å². The van der Waals surface area contributed by atoms with Gasteiger partial charge in [-0.05, 0) is 37.0 Å². The number of benzene rings is 1. The maximum atomic E-state index is 13.8. The highest BCUT2D eigenvalue weighted by Crippen LogP contribution is 2.28. The van der Waals surface area contributed by atoms with Gasteiger partial charge in [0.05, 0.1) is 14.2 Å². The molecule has 182 valence electrons. The lowest BCUT2D eigenvalue weighted by Crippen LogP contribution is -2.49. The fourth-order valence-electron chi connectivity index (χ4n) is 4.94. The number of esters is 1. The van der Waals surface area contributed by atoms with E-state index in [0.717, 1.165) is 18.4 Å². The number of rotatable bonds is 5. The number of amides is 1. The zero-order valence-electron chi connectivity index (χ0n) is 19.6. The molecule has 1 amide bonds. The molecule has 9 heteroatoms. The van der Waals surface area contributed by atoms with Crippen LogP contribution in [-0.2, 0) is 29.0 Å². The minimum atomic E-state index is -0.631. The van der Waals surface area contributed by atoms with Crippen LogP contribution >= 0.6 is 11.6 Å². The summed E-state index contributed by atoms with van der Waals surface area (Å²) in [5, 5.41) is 0.686. The number of halogens is 1. The highest BCUT2D eigenvalue weighted by Gasteiger charge is 2.36. The summed E-state index contributed by atoms with van der Waals surface area (Å²) < 4.78 is 12.1. The zero-order valence-corrected chi connectivity index (χ0v) is 20.3. The van der Waals surface area contributed by atoms with Gasteiger partial charge in [0, 0.05) is 55.9 Å². The van der Waals surface area contributed by atoms with Crippen LogP contribution in [0.25, 0.3) is 0 Å². The van der Waals surface area contributed by atoms with Gasteiger partial charge in [0.1, 0.15) is 17.4 Å². The van der Waals surface area contributed by atoms with E-state index in [0.29, 0.717) is 61.8 Å². The molecule has 2 aliphatic heterocycles. The highest BCUT2D eigenvalue weighted by molar-refractivity contribution is 6.30. The smallest absolute Gasteiger partial charge is 0.328 e. The van der Waals surface area contributed by atoms with Crippen molar-refractivity contribution < 1.29 is 19.1 Å². The summed E-state index contributed by atoms with van der Waals surface area (Å²) >= 11 is 6.14. The first kappa shape index (κ1) is 24.3. The number of carbonyl (C=O) groups is 2. The second-order valence-corrected chi connectivity index (χ2v) is 9.15. The molecule has 0 spiro atoms. The Bertz CT molecular complexity index is 1130. The number of piperidine rings is 1. The Labute approximate surface area is 204 Å². The fraction of sp³-hybridized carbons (Fsp3) is 0.480. The first-order chi connectivity index (χ1) is 16.4. The number of likely N-dealkylation sites (tertiary alicyclic amines) is 1. The predicted molar refractivity (Wildman–Crippen MR) is 128 cm³/mol. The number of aromatic nitrogens is 1. The molecule has 0 unspecified atom stereocenters. The largest absolute Gasteiger partial charge is 0.496 e. The van der Waals surface area contributed by atoms with Crippen molar-refractivity contribution in [3.8, 4) is 5.75 Å². The Morgan fingerprint density at radius 1 is 1.09 bits per heavy atom. The Balaban J connectivity index is 1.66. The lowest BCUT2D eigenvalue weighted by molar-refractivity contribution is -0.147. The summed E-state index contributed by atoms with van der Waals surface area (Å²) in [5.74, 6) is -0.461. The van der Waals surface area contributed by atoms with Gasteiger partial charge in [0.15, 0.2) is 0 Å². The zero-order chi connectivity index (χ0) is 24.2. The normalized spacial score (nSPS) is 18.7. The minimum Gasteiger partial charge on any atom is -0.496 e. The van der Waals surface area contributed by atoms with Gasteiger partial charge in [-0.2, -0.15) is 0 Å². The van der Waals surface area contributed by atoms with Crippen LogP contribution in [0.4, 0.5) is 0 Å². The number of methoxy groups -OCH3 is 2. The number of ether oxygens (including phenoxy) is 2. The number of hydrogen-bond acceptors (Lipinski definition) is 6. The summed E-state index contributed by atoms with van der Waals surface area (Å²) in [4.78, 5) is 42.9. The summed E-state index contributed by atoms with van der Waals surface area (Å²) in [6.07, 6.45) is 2.73. The van der Waals surface area contributed by atoms with Crippen LogP contribution in [0, 0.1) is 0 Å². The van der Waals surface area contributed by atoms with E-state index in [2.05, 4.69) is 4.90 Å². The van der Waals surface area contributed by atoms with Crippen molar-refractivity contribution in [2.45, 2.75) is 44.8 Å². The van der Waals surface area contributed by atoms with Crippen LogP contribution < -0.4 is 10.3 Å². The van der Waals surface area contributed by atoms with Gasteiger partial charge in [-0.25, -0.2) is 4.79 Å². The molecule has 2 aliphatic rings. The van der Waals surface area contributed by atoms with Crippen molar-refractivity contribution in [3.05, 3.63) is 62.5 Å². The van der Waals surface area contributed by atoms with Gasteiger partial charge in [0.25, 0.3) is 11.5 Å². The second kappa shape index (κ2) is 10.6.